The maximum Gasteiger partial charge on any atom is 0.261 e. The summed E-state index contributed by atoms with van der Waals surface area (Å²) in [5, 5.41) is 10.2. The van der Waals surface area contributed by atoms with Crippen LogP contribution in [0.15, 0.2) is 47.4 Å². The molecule has 0 radical (unpaired) electrons. The molecular formula is C34H51FN4O7S. The van der Waals surface area contributed by atoms with Gasteiger partial charge in [0.15, 0.2) is 0 Å². The van der Waals surface area contributed by atoms with E-state index < -0.39 is 27.8 Å². The van der Waals surface area contributed by atoms with Crippen LogP contribution >= 0.6 is 0 Å². The average molecular weight is 679 g/mol. The minimum absolute atomic E-state index is 0.0224. The maximum absolute atomic E-state index is 14.3. The van der Waals surface area contributed by atoms with E-state index >= 15 is 0 Å². The van der Waals surface area contributed by atoms with Crippen molar-refractivity contribution in [1.82, 2.24) is 14.7 Å². The number of sulfonamides is 1. The highest BCUT2D eigenvalue weighted by atomic mass is 32.2. The number of likely N-dealkylation sites (N-methyl/N-ethyl adjacent to an activating group) is 1. The Morgan fingerprint density at radius 1 is 1.13 bits per heavy atom. The predicted molar refractivity (Wildman–Crippen MR) is 180 cm³/mol. The second-order valence-electron chi connectivity index (χ2n) is 12.8. The van der Waals surface area contributed by atoms with Crippen molar-refractivity contribution in [3.8, 4) is 5.75 Å². The minimum Gasteiger partial charge on any atom is -0.490 e. The summed E-state index contributed by atoms with van der Waals surface area (Å²) < 4.78 is 54.6. The fourth-order valence-electron chi connectivity index (χ4n) is 5.39. The second-order valence-corrected chi connectivity index (χ2v) is 14.4. The molecule has 11 nitrogen and oxygen atoms in total. The number of hydrogen-bond acceptors (Lipinski definition) is 8. The lowest BCUT2D eigenvalue weighted by atomic mass is 10.0. The molecule has 0 saturated heterocycles. The van der Waals surface area contributed by atoms with Gasteiger partial charge in [-0.1, -0.05) is 6.92 Å². The molecule has 0 bridgehead atoms. The van der Waals surface area contributed by atoms with Crippen LogP contribution in [0.1, 0.15) is 63.2 Å². The van der Waals surface area contributed by atoms with E-state index in [0.717, 1.165) is 50.1 Å². The third kappa shape index (κ3) is 11.4. The van der Waals surface area contributed by atoms with E-state index in [1.165, 1.54) is 17.0 Å². The van der Waals surface area contributed by atoms with E-state index in [2.05, 4.69) is 4.72 Å². The van der Waals surface area contributed by atoms with Gasteiger partial charge in [0.25, 0.3) is 15.9 Å². The standard InChI is InChI=1S/C34H51FN4O7S/c1-24-21-39(25(2)23-40)34(42)30-20-28(36-47(43,44)29-15-12-27(35)13-16-29)14-17-31(30)46-26(3)10-7-8-19-45-32(24)22-38(6)33(41)11-9-18-37(4)5/h12-17,20,24-26,32,36,40H,7-11,18-19,21-23H2,1-6H3/t24-,25-,26+,32-/m1/s1. The number of nitrogens with one attached hydrogen (secondary N) is 1. The van der Waals surface area contributed by atoms with Crippen LogP contribution in [0.2, 0.25) is 0 Å². The van der Waals surface area contributed by atoms with Gasteiger partial charge >= 0.3 is 0 Å². The lowest BCUT2D eigenvalue weighted by Crippen LogP contribution is -2.48. The molecule has 1 aliphatic rings. The molecule has 0 aromatic heterocycles. The number of benzene rings is 2. The van der Waals surface area contributed by atoms with Gasteiger partial charge in [0, 0.05) is 44.8 Å². The summed E-state index contributed by atoms with van der Waals surface area (Å²) in [6.07, 6.45) is 2.83. The summed E-state index contributed by atoms with van der Waals surface area (Å²) in [4.78, 5) is 32.4. The molecule has 3 rings (SSSR count). The average Bonchev–Trinajstić information content (AvgIpc) is 3.02. The van der Waals surface area contributed by atoms with Crippen molar-refractivity contribution in [2.24, 2.45) is 5.92 Å². The van der Waals surface area contributed by atoms with Crippen molar-refractivity contribution in [2.45, 2.75) is 76.0 Å². The summed E-state index contributed by atoms with van der Waals surface area (Å²) in [5.41, 5.74) is 0.255. The quantitative estimate of drug-likeness (QED) is 0.362. The van der Waals surface area contributed by atoms with Crippen LogP contribution in [0.25, 0.3) is 0 Å². The van der Waals surface area contributed by atoms with Crippen molar-refractivity contribution in [2.75, 3.05) is 58.7 Å². The highest BCUT2D eigenvalue weighted by Gasteiger charge is 2.31. The normalized spacial score (nSPS) is 20.6. The lowest BCUT2D eigenvalue weighted by molar-refractivity contribution is -0.132. The molecule has 0 fully saturated rings. The Morgan fingerprint density at radius 3 is 2.49 bits per heavy atom. The van der Waals surface area contributed by atoms with Crippen molar-refractivity contribution in [3.05, 3.63) is 53.8 Å². The molecule has 13 heteroatoms. The van der Waals surface area contributed by atoms with Gasteiger partial charge < -0.3 is 29.3 Å². The number of amides is 2. The first-order valence-corrected chi connectivity index (χ1v) is 17.7. The first kappa shape index (κ1) is 38.2. The number of carbonyl (C=O) groups excluding carboxylic acids is 2. The molecule has 0 saturated carbocycles. The number of halogens is 1. The summed E-state index contributed by atoms with van der Waals surface area (Å²) in [5.74, 6) is -0.925. The van der Waals surface area contributed by atoms with Gasteiger partial charge in [-0.25, -0.2) is 12.8 Å². The second kappa shape index (κ2) is 17.8. The smallest absolute Gasteiger partial charge is 0.261 e. The Balaban J connectivity index is 1.93. The van der Waals surface area contributed by atoms with E-state index in [-0.39, 0.29) is 53.3 Å². The number of carbonyl (C=O) groups is 2. The van der Waals surface area contributed by atoms with Crippen LogP contribution in [0, 0.1) is 11.7 Å². The molecule has 0 spiro atoms. The zero-order chi connectivity index (χ0) is 34.7. The highest BCUT2D eigenvalue weighted by Crippen LogP contribution is 2.29. The summed E-state index contributed by atoms with van der Waals surface area (Å²) in [6, 6.07) is 8.34. The Kier molecular flexibility index (Phi) is 14.4. The fourth-order valence-corrected chi connectivity index (χ4v) is 6.44. The van der Waals surface area contributed by atoms with Gasteiger partial charge in [-0.2, -0.15) is 0 Å². The molecule has 0 unspecified atom stereocenters. The molecule has 262 valence electrons. The molecule has 0 aliphatic carbocycles. The van der Waals surface area contributed by atoms with Crippen molar-refractivity contribution in [3.63, 3.8) is 0 Å². The van der Waals surface area contributed by atoms with Gasteiger partial charge in [0.05, 0.1) is 35.3 Å². The number of ether oxygens (including phenoxy) is 2. The van der Waals surface area contributed by atoms with E-state index in [0.29, 0.717) is 31.7 Å². The zero-order valence-corrected chi connectivity index (χ0v) is 29.3. The van der Waals surface area contributed by atoms with Crippen molar-refractivity contribution in [1.29, 1.82) is 0 Å². The van der Waals surface area contributed by atoms with Crippen molar-refractivity contribution < 1.29 is 37.0 Å². The molecule has 4 atom stereocenters. The number of anilines is 1. The number of rotatable bonds is 11. The van der Waals surface area contributed by atoms with Crippen LogP contribution in [-0.4, -0.2) is 112 Å². The molecule has 2 amide bonds. The Morgan fingerprint density at radius 2 is 1.83 bits per heavy atom. The Bertz CT molecular complexity index is 1420. The van der Waals surface area contributed by atoms with Gasteiger partial charge in [0.2, 0.25) is 5.91 Å². The van der Waals surface area contributed by atoms with Gasteiger partial charge in [0.1, 0.15) is 11.6 Å². The van der Waals surface area contributed by atoms with Crippen LogP contribution in [0.3, 0.4) is 0 Å². The third-order valence-corrected chi connectivity index (χ3v) is 9.70. The van der Waals surface area contributed by atoms with Crippen LogP contribution in [0.5, 0.6) is 5.75 Å². The number of fused-ring (bicyclic) bond motifs is 1. The summed E-state index contributed by atoms with van der Waals surface area (Å²) in [7, 11) is 1.62. The maximum atomic E-state index is 14.3. The summed E-state index contributed by atoms with van der Waals surface area (Å²) >= 11 is 0. The molecule has 2 aromatic carbocycles. The highest BCUT2D eigenvalue weighted by molar-refractivity contribution is 7.92. The fraction of sp³-hybridized carbons (Fsp3) is 0.588. The first-order valence-electron chi connectivity index (χ1n) is 16.2. The monoisotopic (exact) mass is 678 g/mol. The number of nitrogens with zero attached hydrogens (tertiary/aromatic N) is 3. The van der Waals surface area contributed by atoms with Gasteiger partial charge in [-0.15, -0.1) is 0 Å². The zero-order valence-electron chi connectivity index (χ0n) is 28.4. The largest absolute Gasteiger partial charge is 0.490 e. The first-order chi connectivity index (χ1) is 22.2. The third-order valence-electron chi connectivity index (χ3n) is 8.30. The van der Waals surface area contributed by atoms with Crippen LogP contribution < -0.4 is 9.46 Å². The van der Waals surface area contributed by atoms with E-state index in [9.17, 15) is 27.5 Å². The SMILES string of the molecule is C[C@@H]1CN([C@H](C)CO)C(=O)c2cc(NS(=O)(=O)c3ccc(F)cc3)ccc2O[C@@H](C)CCCCO[C@@H]1CN(C)C(=O)CCCN(C)C. The number of hydrogen-bond donors (Lipinski definition) is 2. The van der Waals surface area contributed by atoms with Crippen LogP contribution in [0.4, 0.5) is 10.1 Å². The van der Waals surface area contributed by atoms with Gasteiger partial charge in [-0.05, 0) is 103 Å². The lowest BCUT2D eigenvalue weighted by Gasteiger charge is -2.36. The van der Waals surface area contributed by atoms with Crippen molar-refractivity contribution >= 4 is 27.5 Å². The molecule has 1 aliphatic heterocycles. The number of aliphatic hydroxyl groups is 1. The molecule has 47 heavy (non-hydrogen) atoms. The Labute approximate surface area is 279 Å². The van der Waals surface area contributed by atoms with E-state index in [1.807, 2.05) is 32.8 Å². The minimum atomic E-state index is -4.09. The van der Waals surface area contributed by atoms with E-state index in [1.54, 1.807) is 24.9 Å². The van der Waals surface area contributed by atoms with Gasteiger partial charge in [-0.3, -0.25) is 14.3 Å². The predicted octanol–water partition coefficient (Wildman–Crippen LogP) is 4.22. The molecule has 2 aromatic rings. The van der Waals surface area contributed by atoms with E-state index in [4.69, 9.17) is 9.47 Å². The molecule has 2 N–H and O–H groups in total. The van der Waals surface area contributed by atoms with Crippen LogP contribution in [-0.2, 0) is 19.6 Å². The summed E-state index contributed by atoms with van der Waals surface area (Å²) in [6.45, 7) is 7.14. The Hall–Kier alpha value is -3.26. The molecule has 1 heterocycles. The topological polar surface area (TPSA) is 129 Å². The molecular weight excluding hydrogens is 627 g/mol. The number of aliphatic hydroxyl groups excluding tert-OH is 1.